The number of alkyl halides is 3. The molecule has 0 bridgehead atoms. The number of unbranched alkanes of at least 4 members (excludes halogenated alkanes) is 1. The fourth-order valence-electron chi connectivity index (χ4n) is 0.836. The molecule has 5 heteroatoms. The number of carbonyl (C=O) groups is 1. The summed E-state index contributed by atoms with van der Waals surface area (Å²) in [6.07, 6.45) is -3.78. The van der Waals surface area contributed by atoms with Crippen LogP contribution in [0.4, 0.5) is 13.2 Å². The highest BCUT2D eigenvalue weighted by Crippen LogP contribution is 2.22. The zero-order chi connectivity index (χ0) is 11.0. The molecule has 0 fully saturated rings. The summed E-state index contributed by atoms with van der Waals surface area (Å²) in [4.78, 5) is 10.8. The Kier molecular flexibility index (Phi) is 6.32. The van der Waals surface area contributed by atoms with Crippen molar-refractivity contribution >= 4 is 5.97 Å². The third-order valence-corrected chi connectivity index (χ3v) is 1.60. The highest BCUT2D eigenvalue weighted by molar-refractivity contribution is 5.69. The lowest BCUT2D eigenvalue weighted by atomic mass is 10.2. The summed E-state index contributed by atoms with van der Waals surface area (Å²) in [6.45, 7) is 2.25. The van der Waals surface area contributed by atoms with E-state index < -0.39 is 18.6 Å². The first kappa shape index (κ1) is 13.3. The van der Waals surface area contributed by atoms with E-state index in [0.29, 0.717) is 6.61 Å². The summed E-state index contributed by atoms with van der Waals surface area (Å²) in [5.74, 6) is -0.539. The Morgan fingerprint density at radius 1 is 1.29 bits per heavy atom. The van der Waals surface area contributed by atoms with Crippen molar-refractivity contribution in [3.8, 4) is 0 Å². The van der Waals surface area contributed by atoms with Crippen LogP contribution in [0.15, 0.2) is 0 Å². The second-order valence-corrected chi connectivity index (χ2v) is 3.04. The van der Waals surface area contributed by atoms with E-state index in [-0.39, 0.29) is 12.8 Å². The fraction of sp³-hybridized carbons (Fsp3) is 0.889. The molecule has 0 radical (unpaired) electrons. The first-order chi connectivity index (χ1) is 6.45. The maximum Gasteiger partial charge on any atom is 0.389 e. The van der Waals surface area contributed by atoms with Crippen LogP contribution in [0.5, 0.6) is 0 Å². The molecule has 0 aliphatic heterocycles. The Morgan fingerprint density at radius 3 is 2.43 bits per heavy atom. The topological polar surface area (TPSA) is 26.3 Å². The van der Waals surface area contributed by atoms with Gasteiger partial charge in [0, 0.05) is 12.8 Å². The molecular formula is C9H15F3O2. The molecule has 0 spiro atoms. The van der Waals surface area contributed by atoms with Crippen LogP contribution in [-0.4, -0.2) is 18.8 Å². The van der Waals surface area contributed by atoms with Gasteiger partial charge >= 0.3 is 12.1 Å². The van der Waals surface area contributed by atoms with E-state index in [1.165, 1.54) is 0 Å². The van der Waals surface area contributed by atoms with Crippen molar-refractivity contribution in [3.63, 3.8) is 0 Å². The normalized spacial score (nSPS) is 11.4. The van der Waals surface area contributed by atoms with E-state index in [4.69, 9.17) is 4.74 Å². The van der Waals surface area contributed by atoms with E-state index >= 15 is 0 Å². The highest BCUT2D eigenvalue weighted by Gasteiger charge is 2.26. The first-order valence-electron chi connectivity index (χ1n) is 4.68. The number of esters is 1. The number of hydrogen-bond donors (Lipinski definition) is 0. The van der Waals surface area contributed by atoms with Crippen molar-refractivity contribution < 1.29 is 22.7 Å². The fourth-order valence-corrected chi connectivity index (χ4v) is 0.836. The van der Waals surface area contributed by atoms with Crippen molar-refractivity contribution in [3.05, 3.63) is 0 Å². The van der Waals surface area contributed by atoms with Gasteiger partial charge in [0.1, 0.15) is 0 Å². The minimum atomic E-state index is -4.18. The molecule has 2 nitrogen and oxygen atoms in total. The van der Waals surface area contributed by atoms with Crippen molar-refractivity contribution in [2.24, 2.45) is 0 Å². The average molecular weight is 212 g/mol. The Morgan fingerprint density at radius 2 is 1.93 bits per heavy atom. The number of hydrogen-bond acceptors (Lipinski definition) is 2. The van der Waals surface area contributed by atoms with E-state index in [2.05, 4.69) is 0 Å². The van der Waals surface area contributed by atoms with Crippen LogP contribution < -0.4 is 0 Å². The first-order valence-corrected chi connectivity index (χ1v) is 4.68. The summed E-state index contributed by atoms with van der Waals surface area (Å²) < 4.78 is 39.7. The predicted octanol–water partition coefficient (Wildman–Crippen LogP) is 3.06. The minimum absolute atomic E-state index is 0.150. The summed E-state index contributed by atoms with van der Waals surface area (Å²) in [5, 5.41) is 0. The summed E-state index contributed by atoms with van der Waals surface area (Å²) in [6, 6.07) is 0. The molecule has 0 saturated carbocycles. The predicted molar refractivity (Wildman–Crippen MR) is 45.8 cm³/mol. The standard InChI is InChI=1S/C9H15F3O2/c1-2-3-7-14-8(13)5-4-6-9(10,11)12/h2-7H2,1H3. The second kappa shape index (κ2) is 6.68. The molecule has 0 aromatic heterocycles. The maximum absolute atomic E-state index is 11.7. The molecule has 0 aliphatic carbocycles. The lowest BCUT2D eigenvalue weighted by molar-refractivity contribution is -0.147. The third kappa shape index (κ3) is 9.35. The van der Waals surface area contributed by atoms with Gasteiger partial charge in [0.25, 0.3) is 0 Å². The molecule has 0 N–H and O–H groups in total. The van der Waals surface area contributed by atoms with Crippen molar-refractivity contribution in [2.45, 2.75) is 45.2 Å². The lowest BCUT2D eigenvalue weighted by Crippen LogP contribution is -2.10. The Hall–Kier alpha value is -0.740. The van der Waals surface area contributed by atoms with Crippen LogP contribution in [0, 0.1) is 0 Å². The second-order valence-electron chi connectivity index (χ2n) is 3.04. The molecule has 0 unspecified atom stereocenters. The van der Waals surface area contributed by atoms with Crippen molar-refractivity contribution in [1.82, 2.24) is 0 Å². The van der Waals surface area contributed by atoms with Gasteiger partial charge in [0.2, 0.25) is 0 Å². The smallest absolute Gasteiger partial charge is 0.389 e. The largest absolute Gasteiger partial charge is 0.466 e. The molecule has 84 valence electrons. The van der Waals surface area contributed by atoms with Gasteiger partial charge in [-0.05, 0) is 12.8 Å². The van der Waals surface area contributed by atoms with Crippen LogP contribution in [0.25, 0.3) is 0 Å². The highest BCUT2D eigenvalue weighted by atomic mass is 19.4. The number of rotatable bonds is 6. The van der Waals surface area contributed by atoms with Crippen LogP contribution in [0.1, 0.15) is 39.0 Å². The molecular weight excluding hydrogens is 197 g/mol. The van der Waals surface area contributed by atoms with Gasteiger partial charge < -0.3 is 4.74 Å². The molecule has 0 heterocycles. The van der Waals surface area contributed by atoms with E-state index in [0.717, 1.165) is 12.8 Å². The SMILES string of the molecule is CCCCOC(=O)CCCC(F)(F)F. The van der Waals surface area contributed by atoms with Gasteiger partial charge in [-0.25, -0.2) is 0 Å². The van der Waals surface area contributed by atoms with Gasteiger partial charge in [-0.3, -0.25) is 4.79 Å². The van der Waals surface area contributed by atoms with Crippen LogP contribution in [0.3, 0.4) is 0 Å². The van der Waals surface area contributed by atoms with E-state index in [9.17, 15) is 18.0 Å². The van der Waals surface area contributed by atoms with Crippen molar-refractivity contribution in [2.75, 3.05) is 6.61 Å². The molecule has 0 aromatic carbocycles. The maximum atomic E-state index is 11.7. The monoisotopic (exact) mass is 212 g/mol. The lowest BCUT2D eigenvalue weighted by Gasteiger charge is -2.06. The quantitative estimate of drug-likeness (QED) is 0.499. The summed E-state index contributed by atoms with van der Waals surface area (Å²) in [7, 11) is 0. The zero-order valence-corrected chi connectivity index (χ0v) is 8.19. The Bertz CT molecular complexity index is 166. The zero-order valence-electron chi connectivity index (χ0n) is 8.19. The Balaban J connectivity index is 3.36. The number of carbonyl (C=O) groups excluding carboxylic acids is 1. The molecule has 0 aromatic rings. The molecule has 0 aliphatic rings. The molecule has 0 amide bonds. The summed E-state index contributed by atoms with van der Waals surface area (Å²) >= 11 is 0. The van der Waals surface area contributed by atoms with E-state index in [1.54, 1.807) is 0 Å². The van der Waals surface area contributed by atoms with Crippen LogP contribution in [0.2, 0.25) is 0 Å². The van der Waals surface area contributed by atoms with Gasteiger partial charge in [0.05, 0.1) is 6.61 Å². The van der Waals surface area contributed by atoms with Gasteiger partial charge in [-0.15, -0.1) is 0 Å². The molecule has 0 atom stereocenters. The van der Waals surface area contributed by atoms with Gasteiger partial charge in [-0.2, -0.15) is 13.2 Å². The van der Waals surface area contributed by atoms with Crippen molar-refractivity contribution in [1.29, 1.82) is 0 Å². The molecule has 14 heavy (non-hydrogen) atoms. The minimum Gasteiger partial charge on any atom is -0.466 e. The molecule has 0 rings (SSSR count). The van der Waals surface area contributed by atoms with Crippen LogP contribution in [-0.2, 0) is 9.53 Å². The summed E-state index contributed by atoms with van der Waals surface area (Å²) in [5.41, 5.74) is 0. The average Bonchev–Trinajstić information content (AvgIpc) is 2.02. The van der Waals surface area contributed by atoms with Gasteiger partial charge in [-0.1, -0.05) is 13.3 Å². The Labute approximate surface area is 81.4 Å². The number of halogens is 3. The molecule has 0 saturated heterocycles. The van der Waals surface area contributed by atoms with E-state index in [1.807, 2.05) is 6.92 Å². The van der Waals surface area contributed by atoms with Crippen LogP contribution >= 0.6 is 0 Å². The van der Waals surface area contributed by atoms with Gasteiger partial charge in [0.15, 0.2) is 0 Å². The number of ether oxygens (including phenoxy) is 1. The third-order valence-electron chi connectivity index (χ3n) is 1.60.